The summed E-state index contributed by atoms with van der Waals surface area (Å²) >= 11 is 0. The molecule has 1 aliphatic carbocycles. The van der Waals surface area contributed by atoms with Crippen molar-refractivity contribution in [3.63, 3.8) is 0 Å². The molecule has 0 radical (unpaired) electrons. The molecule has 0 amide bonds. The molecule has 0 unspecified atom stereocenters. The largest absolute Gasteiger partial charge is 0.300 e. The first-order valence-corrected chi connectivity index (χ1v) is 9.88. The van der Waals surface area contributed by atoms with Crippen molar-refractivity contribution in [1.29, 1.82) is 0 Å². The molecule has 0 atom stereocenters. The number of nitrogens with zero attached hydrogens (tertiary/aromatic N) is 2. The van der Waals surface area contributed by atoms with Gasteiger partial charge in [0, 0.05) is 24.2 Å². The van der Waals surface area contributed by atoms with Crippen LogP contribution in [0.1, 0.15) is 17.5 Å². The number of aromatic nitrogens is 2. The lowest BCUT2D eigenvalue weighted by atomic mass is 10.1. The van der Waals surface area contributed by atoms with Crippen molar-refractivity contribution in [2.24, 2.45) is 0 Å². The van der Waals surface area contributed by atoms with Crippen molar-refractivity contribution in [1.82, 2.24) is 9.55 Å². The highest BCUT2D eigenvalue weighted by molar-refractivity contribution is 7.90. The van der Waals surface area contributed by atoms with Gasteiger partial charge < -0.3 is 0 Å². The molecule has 4 nitrogen and oxygen atoms in total. The van der Waals surface area contributed by atoms with E-state index in [4.69, 9.17) is 0 Å². The van der Waals surface area contributed by atoms with Crippen LogP contribution in [-0.2, 0) is 22.7 Å². The predicted molar refractivity (Wildman–Crippen MR) is 94.1 cm³/mol. The van der Waals surface area contributed by atoms with Gasteiger partial charge in [0.15, 0.2) is 9.84 Å². The van der Waals surface area contributed by atoms with Crippen LogP contribution in [-0.4, -0.2) is 24.2 Å². The van der Waals surface area contributed by atoms with Crippen LogP contribution in [0.2, 0.25) is 0 Å². The Hall–Kier alpha value is -2.40. The second-order valence-electron chi connectivity index (χ2n) is 6.19. The first-order valence-electron chi connectivity index (χ1n) is 7.99. The van der Waals surface area contributed by atoms with Gasteiger partial charge in [-0.1, -0.05) is 12.1 Å². The van der Waals surface area contributed by atoms with Gasteiger partial charge in [-0.3, -0.25) is 4.57 Å². The van der Waals surface area contributed by atoms with Crippen LogP contribution < -0.4 is 0 Å². The van der Waals surface area contributed by atoms with E-state index in [1.165, 1.54) is 29.5 Å². The van der Waals surface area contributed by atoms with E-state index in [2.05, 4.69) is 27.8 Å². The molecule has 0 fully saturated rings. The first-order chi connectivity index (χ1) is 11.5. The molecular weight excluding hydrogens is 320 g/mol. The third-order valence-corrected chi connectivity index (χ3v) is 5.69. The van der Waals surface area contributed by atoms with Gasteiger partial charge in [0.25, 0.3) is 0 Å². The van der Waals surface area contributed by atoms with Gasteiger partial charge >= 0.3 is 0 Å². The lowest BCUT2D eigenvalue weighted by molar-refractivity contribution is 0.602. The molecule has 122 valence electrons. The van der Waals surface area contributed by atoms with E-state index in [1.807, 2.05) is 18.3 Å². The average Bonchev–Trinajstić information content (AvgIpc) is 3.23. The van der Waals surface area contributed by atoms with Crippen molar-refractivity contribution >= 4 is 9.84 Å². The third kappa shape index (κ3) is 2.55. The Balaban J connectivity index is 1.80. The highest BCUT2D eigenvalue weighted by atomic mass is 32.2. The van der Waals surface area contributed by atoms with E-state index in [0.29, 0.717) is 4.90 Å². The zero-order chi connectivity index (χ0) is 16.7. The highest BCUT2D eigenvalue weighted by Gasteiger charge is 2.18. The van der Waals surface area contributed by atoms with Crippen molar-refractivity contribution in [3.8, 4) is 17.1 Å². The van der Waals surface area contributed by atoms with Gasteiger partial charge in [-0.05, 0) is 60.7 Å². The molecule has 1 heterocycles. The Kier molecular flexibility index (Phi) is 3.53. The summed E-state index contributed by atoms with van der Waals surface area (Å²) in [5.41, 5.74) is 4.89. The summed E-state index contributed by atoms with van der Waals surface area (Å²) in [4.78, 5) is 4.82. The number of benzene rings is 2. The van der Waals surface area contributed by atoms with Gasteiger partial charge in [0.1, 0.15) is 5.82 Å². The minimum Gasteiger partial charge on any atom is -0.300 e. The van der Waals surface area contributed by atoms with Gasteiger partial charge in [-0.2, -0.15) is 0 Å². The number of hydrogen-bond donors (Lipinski definition) is 0. The molecule has 0 spiro atoms. The Morgan fingerprint density at radius 1 is 1.04 bits per heavy atom. The molecule has 24 heavy (non-hydrogen) atoms. The summed E-state index contributed by atoms with van der Waals surface area (Å²) < 4.78 is 25.3. The summed E-state index contributed by atoms with van der Waals surface area (Å²) in [7, 11) is -3.19. The van der Waals surface area contributed by atoms with E-state index in [1.54, 1.807) is 18.3 Å². The number of hydrogen-bond acceptors (Lipinski definition) is 3. The van der Waals surface area contributed by atoms with Crippen LogP contribution in [0.15, 0.2) is 59.8 Å². The van der Waals surface area contributed by atoms with E-state index < -0.39 is 9.84 Å². The minimum absolute atomic E-state index is 0.324. The summed E-state index contributed by atoms with van der Waals surface area (Å²) in [6.45, 7) is 0. The predicted octanol–water partition coefficient (Wildman–Crippen LogP) is 3.43. The Bertz CT molecular complexity index is 1000. The molecule has 3 aromatic rings. The van der Waals surface area contributed by atoms with E-state index in [0.717, 1.165) is 24.2 Å². The third-order valence-electron chi connectivity index (χ3n) is 4.56. The van der Waals surface area contributed by atoms with Crippen molar-refractivity contribution in [3.05, 3.63) is 66.0 Å². The fourth-order valence-corrected chi connectivity index (χ4v) is 4.02. The lowest BCUT2D eigenvalue weighted by Gasteiger charge is -2.13. The second-order valence-corrected chi connectivity index (χ2v) is 8.20. The van der Waals surface area contributed by atoms with E-state index in [9.17, 15) is 8.42 Å². The number of rotatable bonds is 3. The summed E-state index contributed by atoms with van der Waals surface area (Å²) in [5, 5.41) is 0. The molecule has 0 saturated carbocycles. The molecule has 0 aliphatic heterocycles. The molecule has 0 saturated heterocycles. The fourth-order valence-electron chi connectivity index (χ4n) is 3.39. The maximum atomic E-state index is 11.6. The Morgan fingerprint density at radius 2 is 1.83 bits per heavy atom. The number of sulfone groups is 1. The standard InChI is InChI=1S/C19H18N2O2S/c1-24(22,23)16-10-8-15(9-11-16)19-20-12-13-21(19)18-7-3-5-14-4-2-6-17(14)18/h3,5,7-13H,2,4,6H2,1H3. The lowest BCUT2D eigenvalue weighted by Crippen LogP contribution is -2.01. The van der Waals surface area contributed by atoms with Gasteiger partial charge in [-0.15, -0.1) is 0 Å². The van der Waals surface area contributed by atoms with Crippen molar-refractivity contribution < 1.29 is 8.42 Å². The van der Waals surface area contributed by atoms with Crippen molar-refractivity contribution in [2.45, 2.75) is 24.2 Å². The minimum atomic E-state index is -3.19. The van der Waals surface area contributed by atoms with Crippen molar-refractivity contribution in [2.75, 3.05) is 6.26 Å². The monoisotopic (exact) mass is 338 g/mol. The van der Waals surface area contributed by atoms with Crippen LogP contribution in [0.4, 0.5) is 0 Å². The molecule has 0 N–H and O–H groups in total. The molecular formula is C19H18N2O2S. The van der Waals surface area contributed by atoms with Crippen LogP contribution in [0.5, 0.6) is 0 Å². The summed E-state index contributed by atoms with van der Waals surface area (Å²) in [6, 6.07) is 13.3. The second kappa shape index (κ2) is 5.60. The van der Waals surface area contributed by atoms with Gasteiger partial charge in [0.2, 0.25) is 0 Å². The van der Waals surface area contributed by atoms with Crippen LogP contribution in [0.25, 0.3) is 17.1 Å². The van der Waals surface area contributed by atoms with Gasteiger partial charge in [0.05, 0.1) is 10.6 Å². The number of aryl methyl sites for hydroxylation is 1. The molecule has 5 heteroatoms. The first kappa shape index (κ1) is 15.1. The zero-order valence-electron chi connectivity index (χ0n) is 13.4. The molecule has 0 bridgehead atoms. The maximum Gasteiger partial charge on any atom is 0.175 e. The fraction of sp³-hybridized carbons (Fsp3) is 0.211. The Labute approximate surface area is 141 Å². The molecule has 2 aromatic carbocycles. The summed E-state index contributed by atoms with van der Waals surface area (Å²) in [5.74, 6) is 0.829. The van der Waals surface area contributed by atoms with E-state index >= 15 is 0 Å². The quantitative estimate of drug-likeness (QED) is 0.735. The smallest absolute Gasteiger partial charge is 0.175 e. The molecule has 1 aliphatic rings. The number of fused-ring (bicyclic) bond motifs is 1. The number of imidazole rings is 1. The van der Waals surface area contributed by atoms with Crippen LogP contribution in [0, 0.1) is 0 Å². The normalized spacial score (nSPS) is 13.9. The highest BCUT2D eigenvalue weighted by Crippen LogP contribution is 2.30. The maximum absolute atomic E-state index is 11.6. The SMILES string of the molecule is CS(=O)(=O)c1ccc(-c2nccn2-c2cccc3c2CCC3)cc1. The molecule has 1 aromatic heterocycles. The topological polar surface area (TPSA) is 52.0 Å². The zero-order valence-corrected chi connectivity index (χ0v) is 14.3. The van der Waals surface area contributed by atoms with Gasteiger partial charge in [-0.25, -0.2) is 13.4 Å². The summed E-state index contributed by atoms with van der Waals surface area (Å²) in [6.07, 6.45) is 8.39. The van der Waals surface area contributed by atoms with Crippen LogP contribution in [0.3, 0.4) is 0 Å². The average molecular weight is 338 g/mol. The van der Waals surface area contributed by atoms with Crippen LogP contribution >= 0.6 is 0 Å². The molecule has 4 rings (SSSR count). The Morgan fingerprint density at radius 3 is 2.58 bits per heavy atom. The van der Waals surface area contributed by atoms with E-state index in [-0.39, 0.29) is 0 Å².